The number of unbranched alkanes of at least 4 members (excludes halogenated alkanes) is 1. The Bertz CT molecular complexity index is 591. The maximum atomic E-state index is 4.37. The van der Waals surface area contributed by atoms with Crippen LogP contribution in [0.1, 0.15) is 64.3 Å². The van der Waals surface area contributed by atoms with Crippen molar-refractivity contribution in [2.45, 2.75) is 75.8 Å². The van der Waals surface area contributed by atoms with Gasteiger partial charge < -0.3 is 9.13 Å². The average Bonchev–Trinajstić information content (AvgIpc) is 3.14. The molecule has 0 N–H and O–H groups in total. The molecule has 0 aromatic carbocycles. The van der Waals surface area contributed by atoms with Crippen molar-refractivity contribution in [3.05, 3.63) is 11.6 Å². The Balaban J connectivity index is 1.95. The quantitative estimate of drug-likeness (QED) is 0.492. The molecule has 2 aromatic heterocycles. The lowest BCUT2D eigenvalue weighted by Crippen LogP contribution is -2.09. The summed E-state index contributed by atoms with van der Waals surface area (Å²) in [7, 11) is 0. The van der Waals surface area contributed by atoms with Crippen LogP contribution in [0.2, 0.25) is 0 Å². The largest absolute Gasteiger partial charge is 0.303 e. The third-order valence-electron chi connectivity index (χ3n) is 3.92. The Hall–Kier alpha value is -1.02. The van der Waals surface area contributed by atoms with Gasteiger partial charge in [-0.25, -0.2) is 0 Å². The summed E-state index contributed by atoms with van der Waals surface area (Å²) in [6, 6.07) is 0.788. The fraction of sp³-hybridized carbons (Fsp3) is 0.750. The van der Waals surface area contributed by atoms with Gasteiger partial charge in [0, 0.05) is 24.9 Å². The van der Waals surface area contributed by atoms with Crippen molar-refractivity contribution < 1.29 is 0 Å². The molecular formula is C16H28N6S2. The highest BCUT2D eigenvalue weighted by Gasteiger charge is 2.15. The predicted molar refractivity (Wildman–Crippen MR) is 101 cm³/mol. The monoisotopic (exact) mass is 368 g/mol. The second kappa shape index (κ2) is 8.89. The first-order valence-corrected chi connectivity index (χ1v) is 10.9. The molecule has 6 nitrogen and oxygen atoms in total. The molecule has 8 heteroatoms. The molecule has 0 amide bonds. The van der Waals surface area contributed by atoms with Crippen molar-refractivity contribution in [3.8, 4) is 0 Å². The minimum absolute atomic E-state index is 0.394. The number of aromatic nitrogens is 6. The van der Waals surface area contributed by atoms with E-state index in [1.165, 1.54) is 0 Å². The van der Waals surface area contributed by atoms with Crippen LogP contribution in [-0.4, -0.2) is 42.0 Å². The lowest BCUT2D eigenvalue weighted by atomic mass is 10.1. The first kappa shape index (κ1) is 19.3. The molecule has 0 radical (unpaired) electrons. The molecule has 2 heterocycles. The molecule has 0 aliphatic rings. The summed E-state index contributed by atoms with van der Waals surface area (Å²) in [5, 5.41) is 19.3. The summed E-state index contributed by atoms with van der Waals surface area (Å²) in [5.74, 6) is 2.17. The molecule has 0 saturated carbocycles. The average molecular weight is 369 g/mol. The van der Waals surface area contributed by atoms with Gasteiger partial charge in [0.15, 0.2) is 10.3 Å². The fourth-order valence-electron chi connectivity index (χ4n) is 2.84. The Morgan fingerprint density at radius 2 is 1.08 bits per heavy atom. The van der Waals surface area contributed by atoms with Crippen molar-refractivity contribution in [2.75, 3.05) is 12.5 Å². The van der Waals surface area contributed by atoms with E-state index < -0.39 is 0 Å². The summed E-state index contributed by atoms with van der Waals surface area (Å²) in [5.41, 5.74) is 0. The minimum Gasteiger partial charge on any atom is -0.303 e. The Kier molecular flexibility index (Phi) is 7.16. The summed E-state index contributed by atoms with van der Waals surface area (Å²) in [6.45, 7) is 8.73. The van der Waals surface area contributed by atoms with E-state index in [9.17, 15) is 0 Å². The number of hydrogen-bond acceptors (Lipinski definition) is 6. The number of rotatable bonds is 9. The van der Waals surface area contributed by atoms with E-state index in [2.05, 4.69) is 69.7 Å². The summed E-state index contributed by atoms with van der Waals surface area (Å²) in [4.78, 5) is 0. The molecule has 0 atom stereocenters. The van der Waals surface area contributed by atoms with E-state index in [-0.39, 0.29) is 0 Å². The lowest BCUT2D eigenvalue weighted by Gasteiger charge is -2.14. The van der Waals surface area contributed by atoms with Gasteiger partial charge in [-0.1, -0.05) is 23.5 Å². The van der Waals surface area contributed by atoms with Gasteiger partial charge in [-0.05, 0) is 53.0 Å². The van der Waals surface area contributed by atoms with Crippen LogP contribution in [0.15, 0.2) is 10.3 Å². The van der Waals surface area contributed by atoms with Crippen molar-refractivity contribution in [3.63, 3.8) is 0 Å². The van der Waals surface area contributed by atoms with Crippen LogP contribution in [0.5, 0.6) is 0 Å². The van der Waals surface area contributed by atoms with Gasteiger partial charge in [0.1, 0.15) is 11.6 Å². The Morgan fingerprint density at radius 1 is 0.708 bits per heavy atom. The SMILES string of the molecule is CSc1nnc(CCCCc2nnc(SC)n2C(C)C)n1C(C)C. The van der Waals surface area contributed by atoms with Crippen molar-refractivity contribution >= 4 is 23.5 Å². The van der Waals surface area contributed by atoms with E-state index in [0.717, 1.165) is 47.6 Å². The van der Waals surface area contributed by atoms with Gasteiger partial charge in [0.25, 0.3) is 0 Å². The molecule has 0 unspecified atom stereocenters. The fourth-order valence-corrected chi connectivity index (χ4v) is 4.11. The van der Waals surface area contributed by atoms with E-state index in [4.69, 9.17) is 0 Å². The van der Waals surface area contributed by atoms with Crippen LogP contribution in [-0.2, 0) is 12.8 Å². The normalized spacial score (nSPS) is 11.8. The molecule has 0 fully saturated rings. The molecule has 2 aromatic rings. The van der Waals surface area contributed by atoms with Crippen LogP contribution < -0.4 is 0 Å². The van der Waals surface area contributed by atoms with E-state index in [0.29, 0.717) is 12.1 Å². The predicted octanol–water partition coefficient (Wildman–Crippen LogP) is 4.04. The summed E-state index contributed by atoms with van der Waals surface area (Å²) in [6.07, 6.45) is 8.18. The topological polar surface area (TPSA) is 61.4 Å². The molecule has 134 valence electrons. The van der Waals surface area contributed by atoms with E-state index >= 15 is 0 Å². The minimum atomic E-state index is 0.394. The summed E-state index contributed by atoms with van der Waals surface area (Å²) < 4.78 is 4.49. The zero-order valence-corrected chi connectivity index (χ0v) is 17.1. The standard InChI is InChI=1S/C16H28N6S2/c1-11(2)21-13(17-19-15(21)23-5)9-7-8-10-14-18-20-16(24-6)22(14)12(3)4/h11-12H,7-10H2,1-6H3. The van der Waals surface area contributed by atoms with Gasteiger partial charge in [0.05, 0.1) is 0 Å². The Morgan fingerprint density at radius 3 is 1.38 bits per heavy atom. The van der Waals surface area contributed by atoms with Crippen LogP contribution in [0.4, 0.5) is 0 Å². The maximum absolute atomic E-state index is 4.37. The smallest absolute Gasteiger partial charge is 0.191 e. The van der Waals surface area contributed by atoms with Crippen molar-refractivity contribution in [1.29, 1.82) is 0 Å². The maximum Gasteiger partial charge on any atom is 0.191 e. The molecule has 2 rings (SSSR count). The van der Waals surface area contributed by atoms with Crippen molar-refractivity contribution in [1.82, 2.24) is 29.5 Å². The second-order valence-corrected chi connectivity index (χ2v) is 7.89. The molecule has 0 aliphatic carbocycles. The molecular weight excluding hydrogens is 340 g/mol. The van der Waals surface area contributed by atoms with Gasteiger partial charge in [-0.2, -0.15) is 0 Å². The van der Waals surface area contributed by atoms with Gasteiger partial charge in [-0.3, -0.25) is 0 Å². The zero-order valence-electron chi connectivity index (χ0n) is 15.5. The Labute approximate surface area is 153 Å². The molecule has 24 heavy (non-hydrogen) atoms. The third-order valence-corrected chi connectivity index (χ3v) is 5.21. The molecule has 0 bridgehead atoms. The highest BCUT2D eigenvalue weighted by molar-refractivity contribution is 7.98. The van der Waals surface area contributed by atoms with E-state index in [1.807, 2.05) is 0 Å². The lowest BCUT2D eigenvalue weighted by molar-refractivity contribution is 0.506. The summed E-state index contributed by atoms with van der Waals surface area (Å²) >= 11 is 3.31. The third kappa shape index (κ3) is 4.33. The number of hydrogen-bond donors (Lipinski definition) is 0. The molecule has 0 spiro atoms. The van der Waals surface area contributed by atoms with Crippen LogP contribution in [0, 0.1) is 0 Å². The zero-order chi connectivity index (χ0) is 17.7. The number of nitrogens with zero attached hydrogens (tertiary/aromatic N) is 6. The highest BCUT2D eigenvalue weighted by atomic mass is 32.2. The highest BCUT2D eigenvalue weighted by Crippen LogP contribution is 2.22. The number of thioether (sulfide) groups is 2. The van der Waals surface area contributed by atoms with Gasteiger partial charge >= 0.3 is 0 Å². The van der Waals surface area contributed by atoms with E-state index in [1.54, 1.807) is 23.5 Å². The number of aryl methyl sites for hydroxylation is 2. The first-order chi connectivity index (χ1) is 11.5. The van der Waals surface area contributed by atoms with Gasteiger partial charge in [0.2, 0.25) is 0 Å². The molecule has 0 aliphatic heterocycles. The van der Waals surface area contributed by atoms with Gasteiger partial charge in [-0.15, -0.1) is 20.4 Å². The first-order valence-electron chi connectivity index (χ1n) is 8.45. The van der Waals surface area contributed by atoms with Crippen LogP contribution in [0.25, 0.3) is 0 Å². The van der Waals surface area contributed by atoms with Crippen LogP contribution in [0.3, 0.4) is 0 Å². The van der Waals surface area contributed by atoms with Crippen LogP contribution >= 0.6 is 23.5 Å². The van der Waals surface area contributed by atoms with Crippen molar-refractivity contribution in [2.24, 2.45) is 0 Å². The molecule has 0 saturated heterocycles. The second-order valence-electron chi connectivity index (χ2n) is 6.34.